The Hall–Kier alpha value is -1.81. The van der Waals surface area contributed by atoms with Gasteiger partial charge in [-0.2, -0.15) is 0 Å². The summed E-state index contributed by atoms with van der Waals surface area (Å²) in [5, 5.41) is 0. The maximum absolute atomic E-state index is 10.9. The minimum absolute atomic E-state index is 0.393. The molecule has 1 heterocycles. The van der Waals surface area contributed by atoms with Gasteiger partial charge in [0.05, 0.1) is 4.88 Å². The molecule has 0 aliphatic carbocycles. The second-order valence-electron chi connectivity index (χ2n) is 3.15. The Morgan fingerprint density at radius 2 is 2.00 bits per heavy atom. The Bertz CT molecular complexity index is 505. The van der Waals surface area contributed by atoms with Gasteiger partial charge in [-0.3, -0.25) is 4.79 Å². The first-order valence-corrected chi connectivity index (χ1v) is 5.24. The third-order valence-corrected chi connectivity index (χ3v) is 3.17. The van der Waals surface area contributed by atoms with Crippen LogP contribution in [-0.2, 0) is 0 Å². The Labute approximate surface area is 91.3 Å². The van der Waals surface area contributed by atoms with Crippen LogP contribution in [0.3, 0.4) is 0 Å². The fraction of sp³-hybridized carbons (Fsp3) is 0. The fourth-order valence-corrected chi connectivity index (χ4v) is 2.17. The van der Waals surface area contributed by atoms with E-state index in [1.165, 1.54) is 11.3 Å². The predicted molar refractivity (Wildman–Crippen MR) is 62.7 cm³/mol. The molecule has 0 unspecified atom stereocenters. The first kappa shape index (κ1) is 9.73. The van der Waals surface area contributed by atoms with Gasteiger partial charge < -0.3 is 11.5 Å². The zero-order valence-corrected chi connectivity index (χ0v) is 8.75. The highest BCUT2D eigenvalue weighted by molar-refractivity contribution is 7.17. The van der Waals surface area contributed by atoms with E-state index in [0.29, 0.717) is 10.6 Å². The molecule has 0 bridgehead atoms. The molecule has 0 aliphatic heterocycles. The van der Waals surface area contributed by atoms with Crippen LogP contribution in [0.25, 0.3) is 10.4 Å². The predicted octanol–water partition coefficient (Wildman–Crippen LogP) is 2.10. The van der Waals surface area contributed by atoms with Crippen LogP contribution < -0.4 is 11.5 Å². The highest BCUT2D eigenvalue weighted by Crippen LogP contribution is 2.28. The molecule has 1 amide bonds. The summed E-state index contributed by atoms with van der Waals surface area (Å²) in [6.07, 6.45) is 0. The Morgan fingerprint density at radius 1 is 1.20 bits per heavy atom. The lowest BCUT2D eigenvalue weighted by Gasteiger charge is -1.98. The van der Waals surface area contributed by atoms with Crippen molar-refractivity contribution in [3.05, 3.63) is 41.3 Å². The summed E-state index contributed by atoms with van der Waals surface area (Å²) in [6, 6.07) is 11.1. The van der Waals surface area contributed by atoms with Crippen molar-refractivity contribution < 1.29 is 4.79 Å². The van der Waals surface area contributed by atoms with Crippen LogP contribution in [0.5, 0.6) is 0 Å². The van der Waals surface area contributed by atoms with Crippen molar-refractivity contribution in [2.45, 2.75) is 0 Å². The SMILES string of the molecule is NC(=O)c1ccc(-c2cccc(N)c2)s1. The molecule has 0 radical (unpaired) electrons. The molecule has 0 atom stereocenters. The number of carbonyl (C=O) groups excluding carboxylic acids is 1. The summed E-state index contributed by atoms with van der Waals surface area (Å²) in [5.41, 5.74) is 12.6. The zero-order valence-electron chi connectivity index (χ0n) is 7.94. The van der Waals surface area contributed by atoms with Gasteiger partial charge in [-0.15, -0.1) is 11.3 Å². The van der Waals surface area contributed by atoms with Crippen molar-refractivity contribution in [2.24, 2.45) is 5.73 Å². The highest BCUT2D eigenvalue weighted by atomic mass is 32.1. The number of anilines is 1. The second kappa shape index (κ2) is 3.74. The van der Waals surface area contributed by atoms with Crippen molar-refractivity contribution >= 4 is 22.9 Å². The Balaban J connectivity index is 2.41. The molecule has 2 rings (SSSR count). The quantitative estimate of drug-likeness (QED) is 0.758. The number of carbonyl (C=O) groups is 1. The van der Waals surface area contributed by atoms with Crippen LogP contribution in [0, 0.1) is 0 Å². The van der Waals surface area contributed by atoms with Gasteiger partial charge in [0.2, 0.25) is 0 Å². The van der Waals surface area contributed by atoms with Gasteiger partial charge in [-0.05, 0) is 29.8 Å². The van der Waals surface area contributed by atoms with E-state index in [4.69, 9.17) is 11.5 Å². The van der Waals surface area contributed by atoms with Gasteiger partial charge in [0.25, 0.3) is 5.91 Å². The molecule has 4 N–H and O–H groups in total. The minimum atomic E-state index is -0.393. The molecule has 0 aliphatic rings. The van der Waals surface area contributed by atoms with Crippen molar-refractivity contribution in [3.63, 3.8) is 0 Å². The third-order valence-electron chi connectivity index (χ3n) is 2.02. The van der Waals surface area contributed by atoms with E-state index < -0.39 is 5.91 Å². The summed E-state index contributed by atoms with van der Waals surface area (Å²) in [5.74, 6) is -0.393. The van der Waals surface area contributed by atoms with Crippen molar-refractivity contribution in [3.8, 4) is 10.4 Å². The molecular formula is C11H10N2OS. The third kappa shape index (κ3) is 1.99. The molecular weight excluding hydrogens is 208 g/mol. The van der Waals surface area contributed by atoms with Crippen LogP contribution in [0.1, 0.15) is 9.67 Å². The molecule has 76 valence electrons. The minimum Gasteiger partial charge on any atom is -0.399 e. The molecule has 0 saturated carbocycles. The van der Waals surface area contributed by atoms with E-state index in [2.05, 4.69) is 0 Å². The van der Waals surface area contributed by atoms with E-state index in [-0.39, 0.29) is 0 Å². The summed E-state index contributed by atoms with van der Waals surface area (Å²) < 4.78 is 0. The number of hydrogen-bond acceptors (Lipinski definition) is 3. The number of primary amides is 1. The summed E-state index contributed by atoms with van der Waals surface area (Å²) in [7, 11) is 0. The number of nitrogen functional groups attached to an aromatic ring is 1. The zero-order chi connectivity index (χ0) is 10.8. The first-order valence-electron chi connectivity index (χ1n) is 4.42. The van der Waals surface area contributed by atoms with Gasteiger partial charge in [0, 0.05) is 10.6 Å². The maximum Gasteiger partial charge on any atom is 0.258 e. The van der Waals surface area contributed by atoms with E-state index in [1.807, 2.05) is 30.3 Å². The largest absolute Gasteiger partial charge is 0.399 e. The summed E-state index contributed by atoms with van der Waals surface area (Å²) >= 11 is 1.37. The first-order chi connectivity index (χ1) is 7.16. The monoisotopic (exact) mass is 218 g/mol. The number of thiophene rings is 1. The molecule has 4 heteroatoms. The fourth-order valence-electron chi connectivity index (χ4n) is 1.32. The van der Waals surface area contributed by atoms with E-state index in [9.17, 15) is 4.79 Å². The number of benzene rings is 1. The standard InChI is InChI=1S/C11H10N2OS/c12-8-3-1-2-7(6-8)9-4-5-10(15-9)11(13)14/h1-6H,12H2,(H2,13,14). The van der Waals surface area contributed by atoms with Gasteiger partial charge in [-0.25, -0.2) is 0 Å². The van der Waals surface area contributed by atoms with Gasteiger partial charge >= 0.3 is 0 Å². The average Bonchev–Trinajstić information content (AvgIpc) is 2.66. The van der Waals surface area contributed by atoms with Gasteiger partial charge in [0.15, 0.2) is 0 Å². The van der Waals surface area contributed by atoms with E-state index in [0.717, 1.165) is 10.4 Å². The van der Waals surface area contributed by atoms with Crippen LogP contribution in [0.4, 0.5) is 5.69 Å². The van der Waals surface area contributed by atoms with Crippen molar-refractivity contribution in [1.29, 1.82) is 0 Å². The maximum atomic E-state index is 10.9. The lowest BCUT2D eigenvalue weighted by molar-refractivity contribution is 0.100. The van der Waals surface area contributed by atoms with Crippen molar-refractivity contribution in [2.75, 3.05) is 5.73 Å². The molecule has 1 aromatic carbocycles. The van der Waals surface area contributed by atoms with E-state index >= 15 is 0 Å². The lowest BCUT2D eigenvalue weighted by Crippen LogP contribution is -2.07. The summed E-state index contributed by atoms with van der Waals surface area (Å²) in [6.45, 7) is 0. The van der Waals surface area contributed by atoms with Gasteiger partial charge in [-0.1, -0.05) is 12.1 Å². The lowest BCUT2D eigenvalue weighted by atomic mass is 10.2. The number of amides is 1. The van der Waals surface area contributed by atoms with Crippen LogP contribution in [0.2, 0.25) is 0 Å². The molecule has 15 heavy (non-hydrogen) atoms. The molecule has 0 fully saturated rings. The Kier molecular flexibility index (Phi) is 2.43. The summed E-state index contributed by atoms with van der Waals surface area (Å²) in [4.78, 5) is 12.5. The highest BCUT2D eigenvalue weighted by Gasteiger charge is 2.06. The molecule has 1 aromatic heterocycles. The topological polar surface area (TPSA) is 69.1 Å². The van der Waals surface area contributed by atoms with Crippen LogP contribution in [0.15, 0.2) is 36.4 Å². The van der Waals surface area contributed by atoms with Gasteiger partial charge in [0.1, 0.15) is 0 Å². The normalized spacial score (nSPS) is 10.1. The van der Waals surface area contributed by atoms with Crippen molar-refractivity contribution in [1.82, 2.24) is 0 Å². The second-order valence-corrected chi connectivity index (χ2v) is 4.24. The Morgan fingerprint density at radius 3 is 2.60 bits per heavy atom. The number of rotatable bonds is 2. The molecule has 2 aromatic rings. The molecule has 3 nitrogen and oxygen atoms in total. The van der Waals surface area contributed by atoms with Crippen LogP contribution >= 0.6 is 11.3 Å². The average molecular weight is 218 g/mol. The number of nitrogens with two attached hydrogens (primary N) is 2. The van der Waals surface area contributed by atoms with Crippen LogP contribution in [-0.4, -0.2) is 5.91 Å². The smallest absolute Gasteiger partial charge is 0.258 e. The molecule has 0 saturated heterocycles. The molecule has 0 spiro atoms. The van der Waals surface area contributed by atoms with E-state index in [1.54, 1.807) is 6.07 Å². The number of hydrogen-bond donors (Lipinski definition) is 2.